The molecule has 2 saturated heterocycles. The Hall–Kier alpha value is -3.85. The van der Waals surface area contributed by atoms with Gasteiger partial charge >= 0.3 is 0 Å². The van der Waals surface area contributed by atoms with E-state index in [0.29, 0.717) is 31.6 Å². The number of aromatic nitrogens is 1. The van der Waals surface area contributed by atoms with E-state index in [-0.39, 0.29) is 18.2 Å². The Morgan fingerprint density at radius 1 is 0.923 bits per heavy atom. The highest BCUT2D eigenvalue weighted by molar-refractivity contribution is 5.94. The molecule has 2 aromatic carbocycles. The summed E-state index contributed by atoms with van der Waals surface area (Å²) in [5.74, 6) is 1.75. The molecular formula is C31H35N7O. The lowest BCUT2D eigenvalue weighted by molar-refractivity contribution is -0.00547. The van der Waals surface area contributed by atoms with Gasteiger partial charge in [-0.05, 0) is 37.3 Å². The Kier molecular flexibility index (Phi) is 6.99. The zero-order valence-corrected chi connectivity index (χ0v) is 22.7. The third kappa shape index (κ3) is 4.87. The average Bonchev–Trinajstić information content (AvgIpc) is 2.95. The van der Waals surface area contributed by atoms with Crippen LogP contribution in [0.1, 0.15) is 37.0 Å². The molecule has 3 aliphatic heterocycles. The Labute approximate surface area is 230 Å². The average molecular weight is 522 g/mol. The Morgan fingerprint density at radius 3 is 2.51 bits per heavy atom. The minimum Gasteiger partial charge on any atom is -0.372 e. The molecule has 3 aromatic rings. The molecule has 1 aromatic heterocycles. The number of nitriles is 2. The molecule has 0 aliphatic carbocycles. The Balaban J connectivity index is 1.46. The van der Waals surface area contributed by atoms with E-state index in [0.717, 1.165) is 49.8 Å². The number of morpholine rings is 1. The number of nitrogens with zero attached hydrogens (tertiary/aromatic N) is 6. The first-order chi connectivity index (χ1) is 19.1. The molecule has 3 aliphatic rings. The number of piperazine rings is 1. The molecule has 0 bridgehead atoms. The first-order valence-corrected chi connectivity index (χ1v) is 14.0. The number of hydrogen-bond donors (Lipinski definition) is 1. The normalized spacial score (nSPS) is 23.3. The largest absolute Gasteiger partial charge is 0.372 e. The first kappa shape index (κ1) is 25.4. The summed E-state index contributed by atoms with van der Waals surface area (Å²) in [5, 5.41) is 25.8. The fraction of sp³-hybridized carbons (Fsp3) is 0.452. The molecule has 1 N–H and O–H groups in total. The lowest BCUT2D eigenvalue weighted by Gasteiger charge is -2.41. The monoisotopic (exact) mass is 521 g/mol. The topological polar surface area (TPSA) is 91.5 Å². The molecule has 2 fully saturated rings. The summed E-state index contributed by atoms with van der Waals surface area (Å²) in [5.41, 5.74) is 4.15. The molecule has 6 rings (SSSR count). The van der Waals surface area contributed by atoms with Crippen molar-refractivity contribution >= 4 is 28.1 Å². The van der Waals surface area contributed by atoms with Crippen molar-refractivity contribution in [3.63, 3.8) is 0 Å². The smallest absolute Gasteiger partial charge is 0.149 e. The standard InChI is InChI=1S/C31H35N7O/c1-21-17-38(18-22(2)39-21)31-27(16-33)28-20-36(29-9-5-7-23-6-3-4-8-25(23)29)14-11-26(28)30(35-31)37-15-13-34-24(19-37)10-12-32/h3-9,21-22,24,34H,10-11,13-15,17-20H2,1-2H3/t21?,22?,24-/m0/s1. The molecule has 200 valence electrons. The van der Waals surface area contributed by atoms with Crippen LogP contribution in [0.3, 0.4) is 0 Å². The zero-order valence-electron chi connectivity index (χ0n) is 22.7. The second kappa shape index (κ2) is 10.7. The van der Waals surface area contributed by atoms with Crippen LogP contribution in [-0.4, -0.2) is 62.5 Å². The van der Waals surface area contributed by atoms with Crippen LogP contribution < -0.4 is 20.0 Å². The van der Waals surface area contributed by atoms with Crippen molar-refractivity contribution in [3.05, 3.63) is 59.2 Å². The highest BCUT2D eigenvalue weighted by Gasteiger charge is 2.33. The summed E-state index contributed by atoms with van der Waals surface area (Å²) < 4.78 is 6.02. The summed E-state index contributed by atoms with van der Waals surface area (Å²) in [4.78, 5) is 12.3. The van der Waals surface area contributed by atoms with E-state index < -0.39 is 0 Å². The van der Waals surface area contributed by atoms with E-state index in [9.17, 15) is 10.5 Å². The van der Waals surface area contributed by atoms with Gasteiger partial charge in [0.1, 0.15) is 17.7 Å². The van der Waals surface area contributed by atoms with Gasteiger partial charge in [-0.2, -0.15) is 10.5 Å². The maximum absolute atomic E-state index is 10.6. The number of rotatable bonds is 4. The fourth-order valence-corrected chi connectivity index (χ4v) is 6.51. The molecule has 0 saturated carbocycles. The molecular weight excluding hydrogens is 486 g/mol. The minimum atomic E-state index is 0.0629. The lowest BCUT2D eigenvalue weighted by Crippen LogP contribution is -2.51. The van der Waals surface area contributed by atoms with E-state index in [2.05, 4.69) is 88.5 Å². The van der Waals surface area contributed by atoms with E-state index in [4.69, 9.17) is 9.72 Å². The van der Waals surface area contributed by atoms with Gasteiger partial charge in [-0.15, -0.1) is 0 Å². The van der Waals surface area contributed by atoms with Gasteiger partial charge in [0.15, 0.2) is 0 Å². The van der Waals surface area contributed by atoms with Crippen LogP contribution in [0.15, 0.2) is 42.5 Å². The minimum absolute atomic E-state index is 0.0629. The number of ether oxygens (including phenoxy) is 1. The molecule has 0 radical (unpaired) electrons. The third-order valence-electron chi connectivity index (χ3n) is 8.18. The van der Waals surface area contributed by atoms with Crippen LogP contribution in [0.2, 0.25) is 0 Å². The van der Waals surface area contributed by atoms with E-state index in [1.165, 1.54) is 22.0 Å². The molecule has 3 atom stereocenters. The van der Waals surface area contributed by atoms with Crippen LogP contribution >= 0.6 is 0 Å². The number of fused-ring (bicyclic) bond motifs is 2. The van der Waals surface area contributed by atoms with Gasteiger partial charge in [-0.25, -0.2) is 4.98 Å². The van der Waals surface area contributed by atoms with Crippen LogP contribution in [0.4, 0.5) is 17.3 Å². The van der Waals surface area contributed by atoms with Gasteiger partial charge in [-0.1, -0.05) is 36.4 Å². The summed E-state index contributed by atoms with van der Waals surface area (Å²) in [7, 11) is 0. The van der Waals surface area contributed by atoms with E-state index in [1.807, 2.05) is 0 Å². The van der Waals surface area contributed by atoms with Crippen molar-refractivity contribution in [1.29, 1.82) is 10.5 Å². The van der Waals surface area contributed by atoms with Crippen molar-refractivity contribution in [2.75, 3.05) is 54.0 Å². The van der Waals surface area contributed by atoms with E-state index in [1.54, 1.807) is 0 Å². The fourth-order valence-electron chi connectivity index (χ4n) is 6.51. The predicted octanol–water partition coefficient (Wildman–Crippen LogP) is 3.97. The summed E-state index contributed by atoms with van der Waals surface area (Å²) in [6.45, 7) is 9.48. The number of anilines is 3. The highest BCUT2D eigenvalue weighted by atomic mass is 16.5. The predicted molar refractivity (Wildman–Crippen MR) is 154 cm³/mol. The first-order valence-electron chi connectivity index (χ1n) is 14.0. The molecule has 8 heteroatoms. The van der Waals surface area contributed by atoms with Crippen LogP contribution in [-0.2, 0) is 17.7 Å². The molecule has 2 unspecified atom stereocenters. The van der Waals surface area contributed by atoms with Gasteiger partial charge in [0.2, 0.25) is 0 Å². The quantitative estimate of drug-likeness (QED) is 0.552. The maximum atomic E-state index is 10.6. The van der Waals surface area contributed by atoms with Crippen molar-refractivity contribution < 1.29 is 4.74 Å². The van der Waals surface area contributed by atoms with Gasteiger partial charge in [0.25, 0.3) is 0 Å². The highest BCUT2D eigenvalue weighted by Crippen LogP contribution is 2.39. The van der Waals surface area contributed by atoms with Crippen molar-refractivity contribution in [3.8, 4) is 12.1 Å². The van der Waals surface area contributed by atoms with Crippen molar-refractivity contribution in [1.82, 2.24) is 10.3 Å². The zero-order chi connectivity index (χ0) is 26.9. The summed E-state index contributed by atoms with van der Waals surface area (Å²) in [6, 6.07) is 20.0. The number of pyridine rings is 1. The Bertz CT molecular complexity index is 1440. The molecule has 39 heavy (non-hydrogen) atoms. The van der Waals surface area contributed by atoms with Crippen molar-refractivity contribution in [2.24, 2.45) is 0 Å². The van der Waals surface area contributed by atoms with E-state index >= 15 is 0 Å². The Morgan fingerprint density at radius 2 is 1.72 bits per heavy atom. The van der Waals surface area contributed by atoms with Gasteiger partial charge in [0.05, 0.1) is 30.3 Å². The van der Waals surface area contributed by atoms with Gasteiger partial charge in [-0.3, -0.25) is 0 Å². The molecule has 0 amide bonds. The SMILES string of the molecule is CC1CN(c2nc(N3CCN[C@@H](CC#N)C3)c3c(c2C#N)CN(c2cccc4ccccc24)CC3)CC(C)O1. The molecule has 0 spiro atoms. The number of hydrogen-bond acceptors (Lipinski definition) is 8. The summed E-state index contributed by atoms with van der Waals surface area (Å²) in [6.07, 6.45) is 1.41. The second-order valence-corrected chi connectivity index (χ2v) is 11.0. The van der Waals surface area contributed by atoms with Crippen LogP contribution in [0, 0.1) is 22.7 Å². The van der Waals surface area contributed by atoms with Gasteiger partial charge < -0.3 is 24.8 Å². The molecule has 4 heterocycles. The maximum Gasteiger partial charge on any atom is 0.149 e. The number of nitrogens with one attached hydrogen (secondary N) is 1. The van der Waals surface area contributed by atoms with Gasteiger partial charge in [0, 0.05) is 68.5 Å². The third-order valence-corrected chi connectivity index (χ3v) is 8.18. The lowest BCUT2D eigenvalue weighted by atomic mass is 9.93. The summed E-state index contributed by atoms with van der Waals surface area (Å²) >= 11 is 0. The van der Waals surface area contributed by atoms with Crippen LogP contribution in [0.5, 0.6) is 0 Å². The second-order valence-electron chi connectivity index (χ2n) is 11.0. The number of benzene rings is 2. The molecule has 8 nitrogen and oxygen atoms in total. The van der Waals surface area contributed by atoms with Crippen LogP contribution in [0.25, 0.3) is 10.8 Å². The van der Waals surface area contributed by atoms with Crippen molar-refractivity contribution in [2.45, 2.75) is 51.5 Å².